The molecular weight excluding hydrogens is 388 g/mol. The Morgan fingerprint density at radius 3 is 2.69 bits per heavy atom. The summed E-state index contributed by atoms with van der Waals surface area (Å²) in [7, 11) is 3.28. The van der Waals surface area contributed by atoms with E-state index in [9.17, 15) is 14.4 Å². The highest BCUT2D eigenvalue weighted by atomic mass is 32.1. The fourth-order valence-electron chi connectivity index (χ4n) is 3.82. The molecule has 2 N–H and O–H groups in total. The maximum Gasteiger partial charge on any atom is 0.280 e. The second kappa shape index (κ2) is 7.44. The number of hydrogen-bond acceptors (Lipinski definition) is 5. The second-order valence-electron chi connectivity index (χ2n) is 7.27. The number of aromatic nitrogens is 2. The van der Waals surface area contributed by atoms with Crippen LogP contribution in [0.2, 0.25) is 0 Å². The van der Waals surface area contributed by atoms with Gasteiger partial charge in [0.15, 0.2) is 5.69 Å². The van der Waals surface area contributed by atoms with Crippen molar-refractivity contribution in [3.63, 3.8) is 0 Å². The number of nitrogens with one attached hydrogen (secondary N) is 2. The fourth-order valence-corrected chi connectivity index (χ4v) is 5.10. The summed E-state index contributed by atoms with van der Waals surface area (Å²) in [4.78, 5) is 39.5. The SMILES string of the molecule is CNC(=O)c1c(NC(=O)c2nn(C)c3ccc(C)cc3c2=O)sc2c1CCCC2. The standard InChI is InChI=1S/C21H22N4O3S/c1-11-8-9-14-13(10-11)18(26)17(24-25(14)3)20(28)23-21-16(19(27)22-2)12-6-4-5-7-15(12)29-21/h8-10H,4-7H2,1-3H3,(H,22,27)(H,23,28). The monoisotopic (exact) mass is 410 g/mol. The lowest BCUT2D eigenvalue weighted by atomic mass is 9.95. The van der Waals surface area contributed by atoms with Crippen LogP contribution in [0.4, 0.5) is 5.00 Å². The highest BCUT2D eigenvalue weighted by Gasteiger charge is 2.27. The molecule has 0 unspecified atom stereocenters. The fraction of sp³-hybridized carbons (Fsp3) is 0.333. The Labute approximate surface area is 171 Å². The van der Waals surface area contributed by atoms with E-state index in [1.54, 1.807) is 20.2 Å². The number of carbonyl (C=O) groups is 2. The topological polar surface area (TPSA) is 93.1 Å². The Morgan fingerprint density at radius 2 is 1.93 bits per heavy atom. The van der Waals surface area contributed by atoms with E-state index in [0.29, 0.717) is 21.5 Å². The summed E-state index contributed by atoms with van der Waals surface area (Å²) in [5, 5.41) is 10.6. The van der Waals surface area contributed by atoms with Crippen LogP contribution in [0.3, 0.4) is 0 Å². The minimum absolute atomic E-state index is 0.181. The molecule has 150 valence electrons. The van der Waals surface area contributed by atoms with E-state index in [1.807, 2.05) is 19.1 Å². The molecule has 0 saturated carbocycles. The van der Waals surface area contributed by atoms with Crippen LogP contribution in [0.5, 0.6) is 0 Å². The average molecular weight is 410 g/mol. The van der Waals surface area contributed by atoms with Gasteiger partial charge in [0.25, 0.3) is 11.8 Å². The smallest absolute Gasteiger partial charge is 0.280 e. The van der Waals surface area contributed by atoms with E-state index in [1.165, 1.54) is 16.0 Å². The number of rotatable bonds is 3. The van der Waals surface area contributed by atoms with Crippen LogP contribution in [0.1, 0.15) is 49.7 Å². The molecule has 2 heterocycles. The maximum atomic E-state index is 13.0. The third-order valence-electron chi connectivity index (χ3n) is 5.28. The van der Waals surface area contributed by atoms with Crippen molar-refractivity contribution in [1.82, 2.24) is 15.1 Å². The van der Waals surface area contributed by atoms with Crippen LogP contribution in [0, 0.1) is 6.92 Å². The van der Waals surface area contributed by atoms with Crippen LogP contribution >= 0.6 is 11.3 Å². The largest absolute Gasteiger partial charge is 0.355 e. The van der Waals surface area contributed by atoms with Crippen LogP contribution < -0.4 is 16.1 Å². The van der Waals surface area contributed by atoms with Gasteiger partial charge in [0, 0.05) is 19.0 Å². The molecule has 7 nitrogen and oxygen atoms in total. The zero-order chi connectivity index (χ0) is 20.7. The summed E-state index contributed by atoms with van der Waals surface area (Å²) in [5.41, 5.74) is 2.51. The number of fused-ring (bicyclic) bond motifs is 2. The number of carbonyl (C=O) groups excluding carboxylic acids is 2. The third kappa shape index (κ3) is 3.33. The highest BCUT2D eigenvalue weighted by molar-refractivity contribution is 7.17. The summed E-state index contributed by atoms with van der Waals surface area (Å²) in [6, 6.07) is 5.47. The van der Waals surface area contributed by atoms with Crippen LogP contribution in [0.25, 0.3) is 10.9 Å². The number of thiophene rings is 1. The molecule has 0 spiro atoms. The molecule has 29 heavy (non-hydrogen) atoms. The number of amides is 2. The van der Waals surface area contributed by atoms with Crippen molar-refractivity contribution in [2.45, 2.75) is 32.6 Å². The van der Waals surface area contributed by atoms with Crippen molar-refractivity contribution in [3.8, 4) is 0 Å². The molecule has 1 aromatic carbocycles. The minimum Gasteiger partial charge on any atom is -0.355 e. The van der Waals surface area contributed by atoms with Crippen LogP contribution in [-0.2, 0) is 19.9 Å². The molecule has 1 aliphatic carbocycles. The Morgan fingerprint density at radius 1 is 1.17 bits per heavy atom. The quantitative estimate of drug-likeness (QED) is 0.694. The van der Waals surface area contributed by atoms with Crippen molar-refractivity contribution in [1.29, 1.82) is 0 Å². The molecule has 2 amide bonds. The molecule has 0 saturated heterocycles. The van der Waals surface area contributed by atoms with E-state index >= 15 is 0 Å². The van der Waals surface area contributed by atoms with Gasteiger partial charge in [-0.3, -0.25) is 19.1 Å². The lowest BCUT2D eigenvalue weighted by Crippen LogP contribution is -2.27. The van der Waals surface area contributed by atoms with Gasteiger partial charge in [-0.1, -0.05) is 11.6 Å². The predicted octanol–water partition coefficient (Wildman–Crippen LogP) is 2.79. The lowest BCUT2D eigenvalue weighted by Gasteiger charge is -2.12. The third-order valence-corrected chi connectivity index (χ3v) is 6.49. The number of benzene rings is 1. The predicted molar refractivity (Wildman–Crippen MR) is 114 cm³/mol. The first-order valence-electron chi connectivity index (χ1n) is 9.56. The Kier molecular flexibility index (Phi) is 4.96. The molecule has 4 rings (SSSR count). The van der Waals surface area contributed by atoms with Gasteiger partial charge in [0.2, 0.25) is 5.43 Å². The summed E-state index contributed by atoms with van der Waals surface area (Å²) in [6.07, 6.45) is 3.81. The number of aryl methyl sites for hydroxylation is 3. The van der Waals surface area contributed by atoms with E-state index in [-0.39, 0.29) is 11.6 Å². The van der Waals surface area contributed by atoms with Crippen molar-refractivity contribution in [3.05, 3.63) is 55.7 Å². The Hall–Kier alpha value is -3.00. The lowest BCUT2D eigenvalue weighted by molar-refractivity contribution is 0.0963. The van der Waals surface area contributed by atoms with Gasteiger partial charge >= 0.3 is 0 Å². The first-order valence-corrected chi connectivity index (χ1v) is 10.4. The van der Waals surface area contributed by atoms with Gasteiger partial charge in [0.1, 0.15) is 5.00 Å². The molecular formula is C21H22N4O3S. The van der Waals surface area contributed by atoms with Gasteiger partial charge in [0.05, 0.1) is 16.5 Å². The first kappa shape index (κ1) is 19.3. The van der Waals surface area contributed by atoms with E-state index in [0.717, 1.165) is 41.7 Å². The molecule has 0 atom stereocenters. The molecule has 0 aliphatic heterocycles. The molecule has 1 aliphatic rings. The van der Waals surface area contributed by atoms with Gasteiger partial charge in [-0.25, -0.2) is 0 Å². The van der Waals surface area contributed by atoms with Crippen molar-refractivity contribution in [2.24, 2.45) is 7.05 Å². The summed E-state index contributed by atoms with van der Waals surface area (Å²) >= 11 is 1.42. The van der Waals surface area contributed by atoms with E-state index in [2.05, 4.69) is 15.7 Å². The number of anilines is 1. The van der Waals surface area contributed by atoms with E-state index in [4.69, 9.17) is 0 Å². The Balaban J connectivity index is 1.78. The number of hydrogen-bond donors (Lipinski definition) is 2. The van der Waals surface area contributed by atoms with Gasteiger partial charge in [-0.05, 0) is 50.3 Å². The second-order valence-corrected chi connectivity index (χ2v) is 8.38. The zero-order valence-electron chi connectivity index (χ0n) is 16.6. The normalized spacial score (nSPS) is 13.2. The van der Waals surface area contributed by atoms with Gasteiger partial charge in [-0.15, -0.1) is 11.3 Å². The molecule has 0 radical (unpaired) electrons. The molecule has 8 heteroatoms. The van der Waals surface area contributed by atoms with Gasteiger partial charge < -0.3 is 10.6 Å². The van der Waals surface area contributed by atoms with Crippen molar-refractivity contribution in [2.75, 3.05) is 12.4 Å². The first-order chi connectivity index (χ1) is 13.9. The van der Waals surface area contributed by atoms with Crippen LogP contribution in [-0.4, -0.2) is 28.6 Å². The number of nitrogens with zero attached hydrogens (tertiary/aromatic N) is 2. The Bertz CT molecular complexity index is 1210. The molecule has 0 bridgehead atoms. The molecule has 2 aromatic heterocycles. The van der Waals surface area contributed by atoms with Crippen molar-refractivity contribution >= 4 is 39.1 Å². The molecule has 3 aromatic rings. The van der Waals surface area contributed by atoms with Crippen molar-refractivity contribution < 1.29 is 9.59 Å². The van der Waals surface area contributed by atoms with Crippen LogP contribution in [0.15, 0.2) is 23.0 Å². The van der Waals surface area contributed by atoms with E-state index < -0.39 is 11.3 Å². The minimum atomic E-state index is -0.599. The maximum absolute atomic E-state index is 13.0. The average Bonchev–Trinajstić information content (AvgIpc) is 3.07. The highest BCUT2D eigenvalue weighted by Crippen LogP contribution is 2.38. The zero-order valence-corrected chi connectivity index (χ0v) is 17.4. The summed E-state index contributed by atoms with van der Waals surface area (Å²) in [6.45, 7) is 1.89. The molecule has 0 fully saturated rings. The summed E-state index contributed by atoms with van der Waals surface area (Å²) in [5.74, 6) is -0.826. The summed E-state index contributed by atoms with van der Waals surface area (Å²) < 4.78 is 1.53. The van der Waals surface area contributed by atoms with Gasteiger partial charge in [-0.2, -0.15) is 5.10 Å².